The van der Waals surface area contributed by atoms with Crippen molar-refractivity contribution in [3.05, 3.63) is 59.7 Å². The first-order valence-electron chi connectivity index (χ1n) is 8.31. The highest BCUT2D eigenvalue weighted by atomic mass is 16.6. The zero-order valence-corrected chi connectivity index (χ0v) is 13.7. The molecule has 1 saturated heterocycles. The van der Waals surface area contributed by atoms with Crippen LogP contribution in [0.25, 0.3) is 0 Å². The Bertz CT molecular complexity index is 620. The molecule has 23 heavy (non-hydrogen) atoms. The smallest absolute Gasteiger partial charge is 0.122 e. The van der Waals surface area contributed by atoms with Crippen molar-refractivity contribution in [2.75, 3.05) is 20.3 Å². The average molecular weight is 312 g/mol. The number of methoxy groups -OCH3 is 1. The minimum Gasteiger partial charge on any atom is -0.496 e. The minimum atomic E-state index is 0.300. The summed E-state index contributed by atoms with van der Waals surface area (Å²) in [5.74, 6) is 1.99. The molecule has 2 aromatic carbocycles. The molecule has 0 bridgehead atoms. The van der Waals surface area contributed by atoms with Gasteiger partial charge < -0.3 is 14.2 Å². The summed E-state index contributed by atoms with van der Waals surface area (Å²) in [6.07, 6.45) is 4.66. The van der Waals surface area contributed by atoms with Crippen molar-refractivity contribution in [2.45, 2.75) is 31.8 Å². The molecule has 0 spiro atoms. The summed E-state index contributed by atoms with van der Waals surface area (Å²) in [6.45, 7) is 1.50. The lowest BCUT2D eigenvalue weighted by Crippen LogP contribution is -2.06. The summed E-state index contributed by atoms with van der Waals surface area (Å²) in [7, 11) is 1.73. The number of unbranched alkanes of at least 4 members (excludes halogenated alkanes) is 1. The normalized spacial score (nSPS) is 16.1. The van der Waals surface area contributed by atoms with Crippen LogP contribution in [0.2, 0.25) is 0 Å². The molecule has 0 radical (unpaired) electrons. The van der Waals surface area contributed by atoms with E-state index < -0.39 is 0 Å². The van der Waals surface area contributed by atoms with Crippen molar-refractivity contribution in [2.24, 2.45) is 0 Å². The molecule has 1 heterocycles. The van der Waals surface area contributed by atoms with Gasteiger partial charge in [0, 0.05) is 0 Å². The van der Waals surface area contributed by atoms with E-state index in [2.05, 4.69) is 30.3 Å². The molecular weight excluding hydrogens is 288 g/mol. The van der Waals surface area contributed by atoms with Crippen LogP contribution in [-0.2, 0) is 17.6 Å². The van der Waals surface area contributed by atoms with Crippen LogP contribution in [-0.4, -0.2) is 26.4 Å². The maximum Gasteiger partial charge on any atom is 0.122 e. The van der Waals surface area contributed by atoms with Crippen LogP contribution < -0.4 is 9.47 Å². The van der Waals surface area contributed by atoms with Gasteiger partial charge in [-0.25, -0.2) is 0 Å². The Labute approximate surface area is 138 Å². The van der Waals surface area contributed by atoms with Crippen LogP contribution in [0.15, 0.2) is 48.5 Å². The number of para-hydroxylation sites is 2. The molecule has 0 aliphatic carbocycles. The van der Waals surface area contributed by atoms with E-state index in [4.69, 9.17) is 14.2 Å². The molecule has 3 heteroatoms. The van der Waals surface area contributed by atoms with Crippen molar-refractivity contribution in [1.82, 2.24) is 0 Å². The predicted octanol–water partition coefficient (Wildman–Crippen LogP) is 4.04. The topological polar surface area (TPSA) is 31.0 Å². The Balaban J connectivity index is 1.48. The van der Waals surface area contributed by atoms with Crippen LogP contribution in [0.5, 0.6) is 11.5 Å². The van der Waals surface area contributed by atoms with Crippen LogP contribution in [0, 0.1) is 0 Å². The maximum absolute atomic E-state index is 5.87. The van der Waals surface area contributed by atoms with E-state index in [0.29, 0.717) is 12.7 Å². The highest BCUT2D eigenvalue weighted by molar-refractivity contribution is 5.34. The molecule has 0 aromatic heterocycles. The lowest BCUT2D eigenvalue weighted by Gasteiger charge is -2.11. The van der Waals surface area contributed by atoms with Crippen molar-refractivity contribution in [3.8, 4) is 11.5 Å². The highest BCUT2D eigenvalue weighted by Gasteiger charge is 2.23. The van der Waals surface area contributed by atoms with E-state index >= 15 is 0 Å². The van der Waals surface area contributed by atoms with E-state index in [-0.39, 0.29) is 0 Å². The van der Waals surface area contributed by atoms with Gasteiger partial charge in [-0.3, -0.25) is 0 Å². The minimum absolute atomic E-state index is 0.300. The molecule has 1 atom stereocenters. The van der Waals surface area contributed by atoms with Gasteiger partial charge in [0.25, 0.3) is 0 Å². The molecule has 3 rings (SSSR count). The van der Waals surface area contributed by atoms with Gasteiger partial charge in [0.05, 0.1) is 13.7 Å². The van der Waals surface area contributed by atoms with E-state index in [1.807, 2.05) is 18.2 Å². The second-order valence-electron chi connectivity index (χ2n) is 5.89. The highest BCUT2D eigenvalue weighted by Crippen LogP contribution is 2.23. The van der Waals surface area contributed by atoms with Gasteiger partial charge in [0.1, 0.15) is 24.2 Å². The first-order valence-corrected chi connectivity index (χ1v) is 8.31. The summed E-state index contributed by atoms with van der Waals surface area (Å²) >= 11 is 0. The summed E-state index contributed by atoms with van der Waals surface area (Å²) in [6, 6.07) is 16.6. The van der Waals surface area contributed by atoms with Gasteiger partial charge in [-0.1, -0.05) is 36.4 Å². The summed E-state index contributed by atoms with van der Waals surface area (Å²) in [5, 5.41) is 0. The third-order valence-corrected chi connectivity index (χ3v) is 4.13. The van der Waals surface area contributed by atoms with Gasteiger partial charge in [0.15, 0.2) is 0 Å². The fourth-order valence-corrected chi connectivity index (χ4v) is 2.74. The number of aryl methyl sites for hydroxylation is 2. The Morgan fingerprint density at radius 2 is 1.48 bits per heavy atom. The third-order valence-electron chi connectivity index (χ3n) is 4.13. The molecule has 0 amide bonds. The largest absolute Gasteiger partial charge is 0.496 e. The lowest BCUT2D eigenvalue weighted by molar-refractivity contribution is 0.261. The number of hydrogen-bond acceptors (Lipinski definition) is 3. The first-order chi connectivity index (χ1) is 11.4. The maximum atomic E-state index is 5.87. The van der Waals surface area contributed by atoms with Gasteiger partial charge in [-0.15, -0.1) is 0 Å². The van der Waals surface area contributed by atoms with E-state index in [1.54, 1.807) is 7.11 Å². The third kappa shape index (κ3) is 4.73. The van der Waals surface area contributed by atoms with E-state index in [0.717, 1.165) is 43.8 Å². The Kier molecular flexibility index (Phi) is 5.54. The molecular formula is C20H24O3. The number of rotatable bonds is 9. The monoisotopic (exact) mass is 312 g/mol. The Morgan fingerprint density at radius 3 is 2.09 bits per heavy atom. The number of ether oxygens (including phenoxy) is 3. The van der Waals surface area contributed by atoms with Crippen molar-refractivity contribution < 1.29 is 14.2 Å². The number of hydrogen-bond donors (Lipinski definition) is 0. The quantitative estimate of drug-likeness (QED) is 0.517. The van der Waals surface area contributed by atoms with Crippen LogP contribution in [0.3, 0.4) is 0 Å². The first kappa shape index (κ1) is 15.9. The molecule has 0 N–H and O–H groups in total. The zero-order chi connectivity index (χ0) is 15.9. The van der Waals surface area contributed by atoms with Gasteiger partial charge in [-0.05, 0) is 48.9 Å². The van der Waals surface area contributed by atoms with Crippen molar-refractivity contribution in [3.63, 3.8) is 0 Å². The fraction of sp³-hybridized carbons (Fsp3) is 0.400. The molecule has 1 unspecified atom stereocenters. The lowest BCUT2D eigenvalue weighted by atomic mass is 10.0. The Hall–Kier alpha value is -2.00. The molecule has 122 valence electrons. The van der Waals surface area contributed by atoms with Crippen LogP contribution in [0.4, 0.5) is 0 Å². The van der Waals surface area contributed by atoms with Gasteiger partial charge in [0.2, 0.25) is 0 Å². The summed E-state index contributed by atoms with van der Waals surface area (Å²) in [5.41, 5.74) is 2.57. The average Bonchev–Trinajstić information content (AvgIpc) is 3.42. The number of epoxide rings is 1. The number of benzene rings is 2. The standard InChI is InChI=1S/C20H24O3/c1-21-19-12-6-4-9-16(19)8-2-3-10-17-11-5-7-13-20(17)23-15-18-14-22-18/h4-7,9,11-13,18H,2-3,8,10,14-15H2,1H3. The molecule has 1 aliphatic heterocycles. The predicted molar refractivity (Wildman–Crippen MR) is 91.3 cm³/mol. The molecule has 1 fully saturated rings. The summed E-state index contributed by atoms with van der Waals surface area (Å²) < 4.78 is 16.5. The molecule has 1 aliphatic rings. The van der Waals surface area contributed by atoms with Gasteiger partial charge >= 0.3 is 0 Å². The second-order valence-corrected chi connectivity index (χ2v) is 5.89. The summed E-state index contributed by atoms with van der Waals surface area (Å²) in [4.78, 5) is 0. The van der Waals surface area contributed by atoms with Crippen molar-refractivity contribution >= 4 is 0 Å². The molecule has 2 aromatic rings. The zero-order valence-electron chi connectivity index (χ0n) is 13.7. The van der Waals surface area contributed by atoms with Crippen molar-refractivity contribution in [1.29, 1.82) is 0 Å². The SMILES string of the molecule is COc1ccccc1CCCCc1ccccc1OCC1CO1. The Morgan fingerprint density at radius 1 is 0.913 bits per heavy atom. The van der Waals surface area contributed by atoms with Crippen LogP contribution >= 0.6 is 0 Å². The van der Waals surface area contributed by atoms with E-state index in [9.17, 15) is 0 Å². The molecule has 3 nitrogen and oxygen atoms in total. The van der Waals surface area contributed by atoms with Crippen LogP contribution in [0.1, 0.15) is 24.0 Å². The fourth-order valence-electron chi connectivity index (χ4n) is 2.74. The second kappa shape index (κ2) is 8.02. The van der Waals surface area contributed by atoms with Gasteiger partial charge in [-0.2, -0.15) is 0 Å². The van der Waals surface area contributed by atoms with E-state index in [1.165, 1.54) is 11.1 Å². The molecule has 0 saturated carbocycles.